The number of aliphatic carboxylic acids is 3. The van der Waals surface area contributed by atoms with Crippen LogP contribution in [0.15, 0.2) is 126 Å². The zero-order valence-electron chi connectivity index (χ0n) is 35.2. The van der Waals surface area contributed by atoms with E-state index in [-0.39, 0.29) is 0 Å². The van der Waals surface area contributed by atoms with Crippen molar-refractivity contribution in [3.05, 3.63) is 126 Å². The Kier molecular flexibility index (Phi) is 21.7. The largest absolute Gasteiger partial charge is 0.550 e. The number of rotatable bonds is 14. The number of quaternary nitrogens is 3. The Bertz CT molecular complexity index is 1510. The molecule has 302 valence electrons. The van der Waals surface area contributed by atoms with E-state index in [4.69, 9.17) is 5.11 Å². The van der Waals surface area contributed by atoms with Gasteiger partial charge < -0.3 is 34.8 Å². The first-order valence-corrected chi connectivity index (χ1v) is 18.2. The van der Waals surface area contributed by atoms with E-state index in [0.29, 0.717) is 0 Å². The van der Waals surface area contributed by atoms with Gasteiger partial charge in [-0.05, 0) is 96.2 Å². The molecule has 0 saturated carbocycles. The SMILES string of the molecule is CC(C)=CC[N+](C)(C)c1ccccc1.CC(C)=CC[N+](C)(C)c1ccccc1.CC(C)=CC[N+](C)(C)c1ccccc1.O=C([O-])CC(O)(CC(=O)[O-])C(=O)[O-]. The number of likely N-dealkylation sites (N-methyl/N-ethyl adjacent to an activating group) is 3. The average Bonchev–Trinajstić information content (AvgIpc) is 3.10. The van der Waals surface area contributed by atoms with Crippen LogP contribution in [0.3, 0.4) is 0 Å². The highest BCUT2D eigenvalue weighted by Gasteiger charge is 2.29. The van der Waals surface area contributed by atoms with Gasteiger partial charge in [-0.25, -0.2) is 0 Å². The predicted molar refractivity (Wildman–Crippen MR) is 222 cm³/mol. The maximum atomic E-state index is 10.1. The monoisotopic (exact) mass is 759 g/mol. The highest BCUT2D eigenvalue weighted by molar-refractivity contribution is 5.86. The van der Waals surface area contributed by atoms with Crippen molar-refractivity contribution in [1.29, 1.82) is 0 Å². The molecule has 0 aromatic heterocycles. The van der Waals surface area contributed by atoms with Crippen molar-refractivity contribution < 1.29 is 34.8 Å². The molecule has 0 spiro atoms. The number of carbonyl (C=O) groups excluding carboxylic acids is 3. The lowest BCUT2D eigenvalue weighted by molar-refractivity contribution is -0.339. The maximum absolute atomic E-state index is 10.1. The lowest BCUT2D eigenvalue weighted by Gasteiger charge is -2.29. The Morgan fingerprint density at radius 2 is 0.709 bits per heavy atom. The molecule has 0 heterocycles. The molecule has 3 rings (SSSR count). The number of hydrogen-bond donors (Lipinski definition) is 1. The molecule has 3 aromatic carbocycles. The summed E-state index contributed by atoms with van der Waals surface area (Å²) in [5.74, 6) is -5.98. The molecule has 0 atom stereocenters. The molecule has 0 saturated heterocycles. The van der Waals surface area contributed by atoms with Crippen LogP contribution in [0.4, 0.5) is 17.1 Å². The van der Waals surface area contributed by atoms with E-state index in [1.807, 2.05) is 0 Å². The van der Waals surface area contributed by atoms with Crippen molar-refractivity contribution >= 4 is 35.0 Å². The van der Waals surface area contributed by atoms with Crippen LogP contribution in [0, 0.1) is 0 Å². The number of carbonyl (C=O) groups is 3. The molecular formula is C45H65N3O7. The Balaban J connectivity index is 0.000000707. The molecule has 0 amide bonds. The van der Waals surface area contributed by atoms with Gasteiger partial charge in [-0.2, -0.15) is 0 Å². The zero-order valence-corrected chi connectivity index (χ0v) is 35.2. The zero-order chi connectivity index (χ0) is 42.5. The van der Waals surface area contributed by atoms with Gasteiger partial charge >= 0.3 is 0 Å². The highest BCUT2D eigenvalue weighted by atomic mass is 16.4. The summed E-state index contributed by atoms with van der Waals surface area (Å²) in [5, 5.41) is 38.9. The lowest BCUT2D eigenvalue weighted by atomic mass is 9.96. The summed E-state index contributed by atoms with van der Waals surface area (Å²) >= 11 is 0. The summed E-state index contributed by atoms with van der Waals surface area (Å²) in [6.07, 6.45) is 4.14. The van der Waals surface area contributed by atoms with E-state index in [2.05, 4.69) is 193 Å². The van der Waals surface area contributed by atoms with Gasteiger partial charge in [0.25, 0.3) is 0 Å². The molecule has 0 aliphatic heterocycles. The molecule has 0 aliphatic rings. The fourth-order valence-electron chi connectivity index (χ4n) is 4.73. The summed E-state index contributed by atoms with van der Waals surface area (Å²) in [4.78, 5) is 30.0. The van der Waals surface area contributed by atoms with Crippen molar-refractivity contribution in [3.63, 3.8) is 0 Å². The number of nitrogens with zero attached hydrogens (tertiary/aromatic N) is 3. The first-order valence-electron chi connectivity index (χ1n) is 18.2. The Morgan fingerprint density at radius 1 is 0.491 bits per heavy atom. The summed E-state index contributed by atoms with van der Waals surface area (Å²) < 4.78 is 2.73. The van der Waals surface area contributed by atoms with E-state index in [9.17, 15) is 29.7 Å². The Hall–Kier alpha value is -4.87. The summed E-state index contributed by atoms with van der Waals surface area (Å²) in [6.45, 7) is 16.0. The van der Waals surface area contributed by atoms with Crippen LogP contribution in [0.25, 0.3) is 0 Å². The maximum Gasteiger partial charge on any atom is 0.132 e. The van der Waals surface area contributed by atoms with Crippen molar-refractivity contribution in [2.24, 2.45) is 0 Å². The van der Waals surface area contributed by atoms with Crippen molar-refractivity contribution in [3.8, 4) is 0 Å². The second-order valence-corrected chi connectivity index (χ2v) is 15.9. The molecule has 10 heteroatoms. The Labute approximate surface area is 330 Å². The normalized spacial score (nSPS) is 11.1. The third kappa shape index (κ3) is 21.6. The van der Waals surface area contributed by atoms with E-state index in [1.165, 1.54) is 33.8 Å². The van der Waals surface area contributed by atoms with E-state index in [0.717, 1.165) is 33.1 Å². The van der Waals surface area contributed by atoms with Gasteiger partial charge in [-0.3, -0.25) is 13.4 Å². The molecule has 3 aromatic rings. The molecule has 0 bridgehead atoms. The molecule has 55 heavy (non-hydrogen) atoms. The Morgan fingerprint density at radius 3 is 0.873 bits per heavy atom. The van der Waals surface area contributed by atoms with E-state index >= 15 is 0 Å². The van der Waals surface area contributed by atoms with Crippen LogP contribution in [0.2, 0.25) is 0 Å². The van der Waals surface area contributed by atoms with Gasteiger partial charge in [0.1, 0.15) is 42.3 Å². The topological polar surface area (TPSA) is 141 Å². The van der Waals surface area contributed by atoms with Crippen LogP contribution in [0.5, 0.6) is 0 Å². The minimum Gasteiger partial charge on any atom is -0.550 e. The lowest BCUT2D eigenvalue weighted by Crippen LogP contribution is -2.54. The number of aliphatic hydroxyl groups is 1. The first kappa shape index (κ1) is 50.1. The van der Waals surface area contributed by atoms with Crippen LogP contribution in [-0.2, 0) is 14.4 Å². The van der Waals surface area contributed by atoms with Gasteiger partial charge in [0.2, 0.25) is 0 Å². The van der Waals surface area contributed by atoms with E-state index in [1.54, 1.807) is 0 Å². The molecule has 0 fully saturated rings. The average molecular weight is 760 g/mol. The highest BCUT2D eigenvalue weighted by Crippen LogP contribution is 2.20. The number of hydrogen-bond acceptors (Lipinski definition) is 7. The number of benzene rings is 3. The van der Waals surface area contributed by atoms with Gasteiger partial charge in [0.05, 0.1) is 48.3 Å². The quantitative estimate of drug-likeness (QED) is 0.190. The minimum absolute atomic E-state index is 0.909. The summed E-state index contributed by atoms with van der Waals surface area (Å²) in [5.41, 5.74) is 5.23. The number of carboxylic acid groups (broad SMARTS) is 3. The molecule has 1 N–H and O–H groups in total. The molecular weight excluding hydrogens is 695 g/mol. The standard InChI is InChI=1S/3C13H20N.C6H8O7/c3*1-12(2)10-11-14(3,4)13-8-6-5-7-9-13;7-3(8)1-6(13,5(11)12)2-4(9)10/h3*5-10H,11H2,1-4H3;13H,1-2H2,(H,7,8)(H,9,10)(H,11,12)/q3*+1;/p-3. The van der Waals surface area contributed by atoms with Gasteiger partial charge in [0.15, 0.2) is 0 Å². The third-order valence-electron chi connectivity index (χ3n) is 8.49. The van der Waals surface area contributed by atoms with Gasteiger partial charge in [0, 0.05) is 24.8 Å². The molecule has 0 aliphatic carbocycles. The summed E-state index contributed by atoms with van der Waals surface area (Å²) in [6, 6.07) is 31.8. The van der Waals surface area contributed by atoms with Crippen molar-refractivity contribution in [2.45, 2.75) is 60.0 Å². The molecule has 0 unspecified atom stereocenters. The smallest absolute Gasteiger partial charge is 0.132 e. The van der Waals surface area contributed by atoms with Gasteiger partial charge in [-0.15, -0.1) is 0 Å². The third-order valence-corrected chi connectivity index (χ3v) is 8.49. The van der Waals surface area contributed by atoms with Gasteiger partial charge in [-0.1, -0.05) is 71.3 Å². The first-order chi connectivity index (χ1) is 25.3. The fourth-order valence-corrected chi connectivity index (χ4v) is 4.73. The van der Waals surface area contributed by atoms with Crippen LogP contribution in [0.1, 0.15) is 54.4 Å². The van der Waals surface area contributed by atoms with Crippen LogP contribution >= 0.6 is 0 Å². The molecule has 0 radical (unpaired) electrons. The number of allylic oxidation sites excluding steroid dienone is 3. The summed E-state index contributed by atoms with van der Waals surface area (Å²) in [7, 11) is 13.4. The second-order valence-electron chi connectivity index (χ2n) is 15.9. The molecule has 10 nitrogen and oxygen atoms in total. The van der Waals surface area contributed by atoms with Crippen LogP contribution in [-0.4, -0.2) is 90.5 Å². The predicted octanol–water partition coefficient (Wildman–Crippen LogP) is 4.41. The van der Waals surface area contributed by atoms with E-state index < -0.39 is 36.4 Å². The minimum atomic E-state index is -2.97. The van der Waals surface area contributed by atoms with Crippen molar-refractivity contribution in [2.75, 3.05) is 61.9 Å². The van der Waals surface area contributed by atoms with Crippen molar-refractivity contribution in [1.82, 2.24) is 13.4 Å². The number of para-hydroxylation sites is 3. The fraction of sp³-hybridized carbons (Fsp3) is 0.400. The second kappa shape index (κ2) is 23.8. The van der Waals surface area contributed by atoms with Crippen LogP contribution < -0.4 is 28.8 Å². The number of carboxylic acids is 3.